The van der Waals surface area contributed by atoms with Gasteiger partial charge in [0.15, 0.2) is 11.5 Å². The highest BCUT2D eigenvalue weighted by atomic mass is 16.5. The van der Waals surface area contributed by atoms with Crippen molar-refractivity contribution in [2.45, 2.75) is 32.4 Å². The summed E-state index contributed by atoms with van der Waals surface area (Å²) < 4.78 is 18.9. The zero-order valence-electron chi connectivity index (χ0n) is 27.4. The Hall–Kier alpha value is -5.98. The molecule has 0 radical (unpaired) electrons. The smallest absolute Gasteiger partial charge is 0.260 e. The summed E-state index contributed by atoms with van der Waals surface area (Å²) in [7, 11) is 3.14. The van der Waals surface area contributed by atoms with Crippen LogP contribution in [0.25, 0.3) is 22.4 Å². The number of rotatable bonds is 4. The second-order valence-corrected chi connectivity index (χ2v) is 11.7. The first-order valence-corrected chi connectivity index (χ1v) is 15.8. The highest BCUT2D eigenvalue weighted by Gasteiger charge is 2.26. The van der Waals surface area contributed by atoms with Crippen molar-refractivity contribution in [1.82, 2.24) is 30.1 Å². The molecule has 252 valence electrons. The van der Waals surface area contributed by atoms with Gasteiger partial charge >= 0.3 is 0 Å². The molecule has 1 aliphatic heterocycles. The van der Waals surface area contributed by atoms with E-state index in [0.717, 1.165) is 5.56 Å². The van der Waals surface area contributed by atoms with E-state index in [4.69, 9.17) is 13.9 Å². The minimum atomic E-state index is -0.939. The minimum absolute atomic E-state index is 0.0680. The molecule has 3 amide bonds. The van der Waals surface area contributed by atoms with Gasteiger partial charge in [-0.05, 0) is 55.3 Å². The van der Waals surface area contributed by atoms with Crippen LogP contribution in [0.2, 0.25) is 0 Å². The molecule has 49 heavy (non-hydrogen) atoms. The summed E-state index contributed by atoms with van der Waals surface area (Å²) in [6, 6.07) is 18.4. The zero-order valence-corrected chi connectivity index (χ0v) is 27.4. The van der Waals surface area contributed by atoms with E-state index in [1.165, 1.54) is 29.0 Å². The lowest BCUT2D eigenvalue weighted by Crippen LogP contribution is -2.51. The van der Waals surface area contributed by atoms with Crippen LogP contribution in [-0.2, 0) is 29.6 Å². The standard InChI is InChI=1S/C36H36N6O7/c1-22-29-19-37-33(44)28(16-23-8-5-4-6-9-23)39-32(43)20-42(35(45)25-10-12-26-27(17-25)38-21-41(2)36(26)46)14-7-15-48-31-18-24(34(40-29)49-22)11-13-30(31)47-3/h4-6,8-13,17-18,21,28H,7,14-16,19-20H2,1-3H3,(H,37,44)(H,39,43)/t28-/m1/s1. The number of hydrogen-bond donors (Lipinski definition) is 2. The van der Waals surface area contributed by atoms with Gasteiger partial charge in [-0.15, -0.1) is 0 Å². The van der Waals surface area contributed by atoms with E-state index in [2.05, 4.69) is 20.6 Å². The summed E-state index contributed by atoms with van der Waals surface area (Å²) in [6.45, 7) is 1.84. The Morgan fingerprint density at radius 1 is 1.06 bits per heavy atom. The van der Waals surface area contributed by atoms with Crippen molar-refractivity contribution in [1.29, 1.82) is 0 Å². The van der Waals surface area contributed by atoms with E-state index in [-0.39, 0.29) is 43.8 Å². The maximum absolute atomic E-state index is 13.9. The molecule has 1 aliphatic rings. The maximum Gasteiger partial charge on any atom is 0.260 e. The first-order chi connectivity index (χ1) is 23.7. The number of nitrogens with zero attached hydrogens (tertiary/aromatic N) is 4. The van der Waals surface area contributed by atoms with Crippen molar-refractivity contribution in [2.24, 2.45) is 7.05 Å². The molecule has 2 N–H and O–H groups in total. The van der Waals surface area contributed by atoms with Crippen LogP contribution in [-0.4, -0.2) is 70.0 Å². The third-order valence-electron chi connectivity index (χ3n) is 8.28. The quantitative estimate of drug-likeness (QED) is 0.295. The summed E-state index contributed by atoms with van der Waals surface area (Å²) in [6.07, 6.45) is 1.97. The Morgan fingerprint density at radius 3 is 2.67 bits per heavy atom. The third kappa shape index (κ3) is 7.45. The molecule has 0 spiro atoms. The number of amides is 3. The lowest BCUT2D eigenvalue weighted by atomic mass is 10.0. The lowest BCUT2D eigenvalue weighted by molar-refractivity contribution is -0.129. The number of fused-ring (bicyclic) bond motifs is 6. The number of carbonyl (C=O) groups is 3. The van der Waals surface area contributed by atoms with Gasteiger partial charge in [0.2, 0.25) is 17.7 Å². The number of methoxy groups -OCH3 is 1. The van der Waals surface area contributed by atoms with Gasteiger partial charge < -0.3 is 34.0 Å². The number of hydrogen-bond acceptors (Lipinski definition) is 9. The normalized spacial score (nSPS) is 15.8. The van der Waals surface area contributed by atoms with Crippen LogP contribution in [0.15, 0.2) is 82.3 Å². The Bertz CT molecular complexity index is 2070. The average Bonchev–Trinajstić information content (AvgIpc) is 3.49. The Balaban J connectivity index is 1.32. The first kappa shape index (κ1) is 32.9. The lowest BCUT2D eigenvalue weighted by Gasteiger charge is -2.25. The van der Waals surface area contributed by atoms with Gasteiger partial charge in [0.1, 0.15) is 17.5 Å². The minimum Gasteiger partial charge on any atom is -0.493 e. The van der Waals surface area contributed by atoms with E-state index in [9.17, 15) is 19.2 Å². The molecule has 0 unspecified atom stereocenters. The number of ether oxygens (including phenoxy) is 2. The van der Waals surface area contributed by atoms with Crippen LogP contribution in [0.5, 0.6) is 11.5 Å². The summed E-state index contributed by atoms with van der Waals surface area (Å²) in [5.74, 6) is 0.467. The van der Waals surface area contributed by atoms with Crippen LogP contribution in [0, 0.1) is 6.92 Å². The van der Waals surface area contributed by atoms with Crippen molar-refractivity contribution in [2.75, 3.05) is 26.8 Å². The van der Waals surface area contributed by atoms with E-state index >= 15 is 0 Å². The van der Waals surface area contributed by atoms with E-state index in [0.29, 0.717) is 51.7 Å². The van der Waals surface area contributed by atoms with Crippen LogP contribution < -0.4 is 25.7 Å². The first-order valence-electron chi connectivity index (χ1n) is 15.8. The molecule has 3 heterocycles. The zero-order chi connectivity index (χ0) is 34.5. The molecular weight excluding hydrogens is 628 g/mol. The van der Waals surface area contributed by atoms with Crippen LogP contribution in [0.1, 0.15) is 33.8 Å². The molecule has 0 fully saturated rings. The molecule has 13 heteroatoms. The Kier molecular flexibility index (Phi) is 9.69. The SMILES string of the molecule is COc1ccc2cc1OCCCN(C(=O)c1ccc3c(=O)n(C)cnc3c1)CC(=O)N[C@H](Cc1ccccc1)C(=O)NCc1nc-2oc1C. The Morgan fingerprint density at radius 2 is 1.88 bits per heavy atom. The third-order valence-corrected chi connectivity index (χ3v) is 8.28. The van der Waals surface area contributed by atoms with Gasteiger partial charge in [0, 0.05) is 31.1 Å². The van der Waals surface area contributed by atoms with Crippen molar-refractivity contribution >= 4 is 28.6 Å². The summed E-state index contributed by atoms with van der Waals surface area (Å²) in [5, 5.41) is 6.10. The molecule has 0 saturated heterocycles. The van der Waals surface area contributed by atoms with Gasteiger partial charge in [-0.1, -0.05) is 30.3 Å². The molecule has 0 saturated carbocycles. The second kappa shape index (κ2) is 14.4. The highest BCUT2D eigenvalue weighted by Crippen LogP contribution is 2.33. The van der Waals surface area contributed by atoms with Gasteiger partial charge in [-0.25, -0.2) is 9.97 Å². The van der Waals surface area contributed by atoms with Gasteiger partial charge in [-0.3, -0.25) is 19.2 Å². The van der Waals surface area contributed by atoms with Crippen LogP contribution in [0.3, 0.4) is 0 Å². The van der Waals surface area contributed by atoms with Crippen molar-refractivity contribution in [3.63, 3.8) is 0 Å². The predicted octanol–water partition coefficient (Wildman–Crippen LogP) is 3.17. The van der Waals surface area contributed by atoms with Crippen LogP contribution in [0.4, 0.5) is 0 Å². The largest absolute Gasteiger partial charge is 0.493 e. The molecule has 3 aromatic carbocycles. The Labute approximate surface area is 281 Å². The molecule has 4 bridgehead atoms. The van der Waals surface area contributed by atoms with Crippen molar-refractivity contribution in [3.8, 4) is 23.0 Å². The van der Waals surface area contributed by atoms with Gasteiger partial charge in [0.05, 0.1) is 44.0 Å². The second-order valence-electron chi connectivity index (χ2n) is 11.7. The molecule has 13 nitrogen and oxygen atoms in total. The summed E-state index contributed by atoms with van der Waals surface area (Å²) in [4.78, 5) is 64.0. The van der Waals surface area contributed by atoms with Gasteiger partial charge in [-0.2, -0.15) is 0 Å². The van der Waals surface area contributed by atoms with Crippen molar-refractivity contribution < 1.29 is 28.3 Å². The molecule has 2 aromatic heterocycles. The highest BCUT2D eigenvalue weighted by molar-refractivity contribution is 5.99. The van der Waals surface area contributed by atoms with E-state index < -0.39 is 23.8 Å². The molecular formula is C36H36N6O7. The number of aromatic nitrogens is 3. The van der Waals surface area contributed by atoms with Gasteiger partial charge in [0.25, 0.3) is 11.5 Å². The number of oxazole rings is 1. The van der Waals surface area contributed by atoms with E-state index in [1.54, 1.807) is 44.3 Å². The van der Waals surface area contributed by atoms with Crippen molar-refractivity contribution in [3.05, 3.63) is 106 Å². The molecule has 1 atom stereocenters. The molecule has 0 aliphatic carbocycles. The van der Waals surface area contributed by atoms with Crippen LogP contribution >= 0.6 is 0 Å². The topological polar surface area (TPSA) is 158 Å². The number of carbonyl (C=O) groups excluding carboxylic acids is 3. The fourth-order valence-electron chi connectivity index (χ4n) is 5.62. The monoisotopic (exact) mass is 664 g/mol. The summed E-state index contributed by atoms with van der Waals surface area (Å²) >= 11 is 0. The maximum atomic E-state index is 13.9. The fourth-order valence-corrected chi connectivity index (χ4v) is 5.62. The number of nitrogens with one attached hydrogen (secondary N) is 2. The number of aryl methyl sites for hydroxylation is 2. The fraction of sp³-hybridized carbons (Fsp3) is 0.278. The van der Waals surface area contributed by atoms with E-state index in [1.807, 2.05) is 30.3 Å². The molecule has 6 rings (SSSR count). The predicted molar refractivity (Wildman–Crippen MR) is 180 cm³/mol. The average molecular weight is 665 g/mol. The molecule has 5 aromatic rings. The summed E-state index contributed by atoms with van der Waals surface area (Å²) in [5.41, 5.74) is 2.42. The number of benzene rings is 3.